The lowest BCUT2D eigenvalue weighted by Crippen LogP contribution is -2.53. The molecule has 4 nitrogen and oxygen atoms in total. The van der Waals surface area contributed by atoms with Gasteiger partial charge in [-0.1, -0.05) is 37.3 Å². The molecule has 1 N–H and O–H groups in total. The van der Waals surface area contributed by atoms with Gasteiger partial charge in [-0.2, -0.15) is 0 Å². The molecule has 0 aromatic carbocycles. The minimum absolute atomic E-state index is 0.158. The average molecular weight is 276 g/mol. The van der Waals surface area contributed by atoms with Gasteiger partial charge in [0.25, 0.3) is 0 Å². The van der Waals surface area contributed by atoms with E-state index in [1.807, 2.05) is 19.1 Å². The first kappa shape index (κ1) is 15.0. The van der Waals surface area contributed by atoms with E-state index in [1.165, 1.54) is 0 Å². The van der Waals surface area contributed by atoms with E-state index < -0.39 is 0 Å². The normalized spacial score (nSPS) is 25.2. The molecule has 1 fully saturated rings. The molecule has 20 heavy (non-hydrogen) atoms. The summed E-state index contributed by atoms with van der Waals surface area (Å²) in [6, 6.07) is -0.214. The van der Waals surface area contributed by atoms with Crippen LogP contribution in [0, 0.1) is 0 Å². The van der Waals surface area contributed by atoms with Gasteiger partial charge in [-0.15, -0.1) is 0 Å². The van der Waals surface area contributed by atoms with Gasteiger partial charge >= 0.3 is 5.97 Å². The molecule has 0 spiro atoms. The Hall–Kier alpha value is -1.39. The van der Waals surface area contributed by atoms with Crippen LogP contribution < -0.4 is 5.43 Å². The zero-order chi connectivity index (χ0) is 14.5. The summed E-state index contributed by atoms with van der Waals surface area (Å²) < 4.78 is 5.58. The number of carbonyl (C=O) groups excluding carboxylic acids is 1. The van der Waals surface area contributed by atoms with Crippen LogP contribution >= 0.6 is 0 Å². The molecule has 0 amide bonds. The second-order valence-electron chi connectivity index (χ2n) is 5.38. The molecular weight excluding hydrogens is 252 g/mol. The Morgan fingerprint density at radius 3 is 3.05 bits per heavy atom. The van der Waals surface area contributed by atoms with Crippen LogP contribution in [0.1, 0.15) is 33.1 Å². The van der Waals surface area contributed by atoms with E-state index in [0.717, 1.165) is 43.5 Å². The first-order valence-corrected chi connectivity index (χ1v) is 7.37. The highest BCUT2D eigenvalue weighted by atomic mass is 16.5. The monoisotopic (exact) mass is 276 g/mol. The van der Waals surface area contributed by atoms with Gasteiger partial charge in [0, 0.05) is 13.1 Å². The molecule has 2 rings (SSSR count). The van der Waals surface area contributed by atoms with E-state index in [0.29, 0.717) is 0 Å². The summed E-state index contributed by atoms with van der Waals surface area (Å²) in [5.41, 5.74) is 5.36. The van der Waals surface area contributed by atoms with Crippen LogP contribution in [0.5, 0.6) is 0 Å². The first-order valence-electron chi connectivity index (χ1n) is 7.37. The quantitative estimate of drug-likeness (QED) is 0.800. The first-order chi connectivity index (χ1) is 9.60. The van der Waals surface area contributed by atoms with Crippen molar-refractivity contribution in [3.05, 3.63) is 36.0 Å². The molecule has 4 heteroatoms. The van der Waals surface area contributed by atoms with Gasteiger partial charge in [-0.25, -0.2) is 10.4 Å². The molecule has 2 aliphatic rings. The number of hydrogen-bond donors (Lipinski definition) is 1. The minimum Gasteiger partial charge on any atom is -0.457 e. The van der Waals surface area contributed by atoms with Gasteiger partial charge in [0.1, 0.15) is 12.1 Å². The fraction of sp³-hybridized carbons (Fsp3) is 0.562. The Morgan fingerprint density at radius 2 is 2.40 bits per heavy atom. The van der Waals surface area contributed by atoms with Crippen LogP contribution in [0.3, 0.4) is 0 Å². The highest BCUT2D eigenvalue weighted by Crippen LogP contribution is 2.19. The summed E-state index contributed by atoms with van der Waals surface area (Å²) in [6.45, 7) is 9.79. The molecule has 2 unspecified atom stereocenters. The Kier molecular flexibility index (Phi) is 5.15. The van der Waals surface area contributed by atoms with Crippen molar-refractivity contribution in [2.75, 3.05) is 13.1 Å². The minimum atomic E-state index is -0.214. The largest absolute Gasteiger partial charge is 0.457 e. The lowest BCUT2D eigenvalue weighted by molar-refractivity contribution is -0.152. The Bertz CT molecular complexity index is 440. The highest BCUT2D eigenvalue weighted by molar-refractivity contribution is 5.76. The van der Waals surface area contributed by atoms with Crippen LogP contribution in [-0.2, 0) is 9.53 Å². The number of carbonyl (C=O) groups is 1. The average Bonchev–Trinajstić information content (AvgIpc) is 2.47. The maximum Gasteiger partial charge on any atom is 0.325 e. The molecule has 2 atom stereocenters. The standard InChI is InChI=1S/C16H24N2O2/c1-4-18-11-5-6-15(17-18)16(19)20-13(3)14-9-7-12(2)8-10-14/h7,9-10,13,15,17H,2,4-6,8,11H2,1,3H3. The number of nitrogens with one attached hydrogen (secondary N) is 1. The van der Waals surface area contributed by atoms with Crippen LogP contribution in [0.25, 0.3) is 0 Å². The topological polar surface area (TPSA) is 41.6 Å². The summed E-state index contributed by atoms with van der Waals surface area (Å²) in [5, 5.41) is 2.07. The third-order valence-corrected chi connectivity index (χ3v) is 3.80. The number of hydrazine groups is 1. The van der Waals surface area contributed by atoms with Crippen LogP contribution in [0.2, 0.25) is 0 Å². The van der Waals surface area contributed by atoms with Crippen molar-refractivity contribution in [1.29, 1.82) is 0 Å². The van der Waals surface area contributed by atoms with Crippen molar-refractivity contribution in [2.24, 2.45) is 0 Å². The molecule has 0 saturated carbocycles. The third kappa shape index (κ3) is 3.81. The Morgan fingerprint density at radius 1 is 1.60 bits per heavy atom. The lowest BCUT2D eigenvalue weighted by Gasteiger charge is -2.32. The molecule has 110 valence electrons. The second-order valence-corrected chi connectivity index (χ2v) is 5.38. The predicted octanol–water partition coefficient (Wildman–Crippen LogP) is 2.35. The number of allylic oxidation sites excluding steroid dienone is 3. The van der Waals surface area contributed by atoms with E-state index in [9.17, 15) is 4.79 Å². The van der Waals surface area contributed by atoms with Gasteiger partial charge in [0.2, 0.25) is 0 Å². The summed E-state index contributed by atoms with van der Waals surface area (Å²) in [7, 11) is 0. The van der Waals surface area contributed by atoms with Crippen molar-refractivity contribution in [3.63, 3.8) is 0 Å². The van der Waals surface area contributed by atoms with E-state index in [4.69, 9.17) is 4.74 Å². The number of rotatable bonds is 4. The zero-order valence-electron chi connectivity index (χ0n) is 12.4. The van der Waals surface area contributed by atoms with Gasteiger partial charge in [-0.05, 0) is 31.8 Å². The molecule has 0 radical (unpaired) electrons. The third-order valence-electron chi connectivity index (χ3n) is 3.80. The van der Waals surface area contributed by atoms with Crippen LogP contribution in [0.15, 0.2) is 36.0 Å². The maximum absolute atomic E-state index is 12.2. The summed E-state index contributed by atoms with van der Waals surface area (Å²) in [4.78, 5) is 12.2. The Balaban J connectivity index is 1.87. The lowest BCUT2D eigenvalue weighted by atomic mass is 10.0. The molecule has 0 aromatic rings. The van der Waals surface area contributed by atoms with E-state index >= 15 is 0 Å². The fourth-order valence-corrected chi connectivity index (χ4v) is 2.48. The number of ether oxygens (including phenoxy) is 1. The molecule has 1 saturated heterocycles. The van der Waals surface area contributed by atoms with Crippen molar-refractivity contribution >= 4 is 5.97 Å². The van der Waals surface area contributed by atoms with E-state index in [2.05, 4.69) is 30.0 Å². The van der Waals surface area contributed by atoms with Crippen molar-refractivity contribution in [2.45, 2.75) is 45.3 Å². The van der Waals surface area contributed by atoms with Crippen molar-refractivity contribution in [1.82, 2.24) is 10.4 Å². The highest BCUT2D eigenvalue weighted by Gasteiger charge is 2.27. The van der Waals surface area contributed by atoms with Gasteiger partial charge in [-0.3, -0.25) is 4.79 Å². The molecule has 1 heterocycles. The summed E-state index contributed by atoms with van der Waals surface area (Å²) in [6.07, 6.45) is 8.54. The molecular formula is C16H24N2O2. The van der Waals surface area contributed by atoms with E-state index in [1.54, 1.807) is 0 Å². The second kappa shape index (κ2) is 6.86. The number of nitrogens with zero attached hydrogens (tertiary/aromatic N) is 1. The van der Waals surface area contributed by atoms with Gasteiger partial charge in [0.15, 0.2) is 0 Å². The van der Waals surface area contributed by atoms with E-state index in [-0.39, 0.29) is 18.1 Å². The molecule has 0 bridgehead atoms. The van der Waals surface area contributed by atoms with Gasteiger partial charge < -0.3 is 4.74 Å². The molecule has 0 aromatic heterocycles. The zero-order valence-corrected chi connectivity index (χ0v) is 12.4. The summed E-state index contributed by atoms with van der Waals surface area (Å²) >= 11 is 0. The smallest absolute Gasteiger partial charge is 0.325 e. The fourth-order valence-electron chi connectivity index (χ4n) is 2.48. The number of esters is 1. The number of hydrogen-bond acceptors (Lipinski definition) is 4. The predicted molar refractivity (Wildman–Crippen MR) is 79.9 cm³/mol. The SMILES string of the molecule is C=C1C=CC(C(C)OC(=O)C2CCCN(CC)N2)=CC1. The summed E-state index contributed by atoms with van der Waals surface area (Å²) in [5.74, 6) is -0.158. The van der Waals surface area contributed by atoms with Crippen LogP contribution in [0.4, 0.5) is 0 Å². The molecule has 1 aliphatic heterocycles. The van der Waals surface area contributed by atoms with Crippen molar-refractivity contribution in [3.8, 4) is 0 Å². The van der Waals surface area contributed by atoms with Gasteiger partial charge in [0.05, 0.1) is 0 Å². The van der Waals surface area contributed by atoms with Crippen molar-refractivity contribution < 1.29 is 9.53 Å². The maximum atomic E-state index is 12.2. The molecule has 1 aliphatic carbocycles. The Labute approximate surface area is 121 Å². The van der Waals surface area contributed by atoms with Crippen LogP contribution in [-0.4, -0.2) is 36.2 Å².